The van der Waals surface area contributed by atoms with Gasteiger partial charge in [-0.2, -0.15) is 5.10 Å². The standard InChI is InChI=1S/C17H15ClN4O4/c18-13-3-7-16(8-4-13)26-10-15(23)9-21-11-19-17(20-21)12-1-5-14(6-2-12)22(24)25/h1-8,11,15,23H,9-10H2. The van der Waals surface area contributed by atoms with Crippen LogP contribution in [0.25, 0.3) is 11.4 Å². The number of rotatable bonds is 7. The van der Waals surface area contributed by atoms with E-state index in [2.05, 4.69) is 10.1 Å². The molecule has 0 aliphatic carbocycles. The maximum Gasteiger partial charge on any atom is 0.269 e. The van der Waals surface area contributed by atoms with E-state index in [0.29, 0.717) is 22.2 Å². The summed E-state index contributed by atoms with van der Waals surface area (Å²) in [7, 11) is 0. The van der Waals surface area contributed by atoms with Crippen LogP contribution in [0.1, 0.15) is 0 Å². The van der Waals surface area contributed by atoms with Crippen LogP contribution in [-0.2, 0) is 6.54 Å². The molecule has 3 rings (SSSR count). The molecule has 1 N–H and O–H groups in total. The van der Waals surface area contributed by atoms with E-state index < -0.39 is 11.0 Å². The Balaban J connectivity index is 1.57. The predicted molar refractivity (Wildman–Crippen MR) is 95.1 cm³/mol. The van der Waals surface area contributed by atoms with Gasteiger partial charge in [0.1, 0.15) is 24.8 Å². The molecular formula is C17H15ClN4O4. The van der Waals surface area contributed by atoms with Crippen LogP contribution in [-0.4, -0.2) is 37.5 Å². The second kappa shape index (κ2) is 7.94. The molecule has 1 unspecified atom stereocenters. The second-order valence-corrected chi connectivity index (χ2v) is 5.95. The third kappa shape index (κ3) is 4.56. The summed E-state index contributed by atoms with van der Waals surface area (Å²) in [6, 6.07) is 12.8. The van der Waals surface area contributed by atoms with Crippen LogP contribution < -0.4 is 4.74 Å². The van der Waals surface area contributed by atoms with E-state index >= 15 is 0 Å². The van der Waals surface area contributed by atoms with Crippen molar-refractivity contribution in [1.82, 2.24) is 14.8 Å². The second-order valence-electron chi connectivity index (χ2n) is 5.51. The molecule has 1 heterocycles. The van der Waals surface area contributed by atoms with Gasteiger partial charge in [-0.1, -0.05) is 11.6 Å². The molecule has 0 spiro atoms. The van der Waals surface area contributed by atoms with E-state index in [1.54, 1.807) is 36.4 Å². The number of ether oxygens (including phenoxy) is 1. The maximum absolute atomic E-state index is 10.7. The zero-order chi connectivity index (χ0) is 18.5. The van der Waals surface area contributed by atoms with Crippen LogP contribution in [0.4, 0.5) is 5.69 Å². The van der Waals surface area contributed by atoms with E-state index in [-0.39, 0.29) is 18.8 Å². The minimum atomic E-state index is -0.780. The van der Waals surface area contributed by atoms with Crippen molar-refractivity contribution >= 4 is 17.3 Å². The molecule has 1 atom stereocenters. The van der Waals surface area contributed by atoms with Crippen LogP contribution >= 0.6 is 11.6 Å². The number of hydrogen-bond acceptors (Lipinski definition) is 6. The molecule has 8 nitrogen and oxygen atoms in total. The van der Waals surface area contributed by atoms with Crippen LogP contribution in [0.5, 0.6) is 5.75 Å². The SMILES string of the molecule is O=[N+]([O-])c1ccc(-c2ncn(CC(O)COc3ccc(Cl)cc3)n2)cc1. The summed E-state index contributed by atoms with van der Waals surface area (Å²) >= 11 is 5.80. The summed E-state index contributed by atoms with van der Waals surface area (Å²) in [5, 5.41) is 25.6. The summed E-state index contributed by atoms with van der Waals surface area (Å²) in [4.78, 5) is 14.4. The third-order valence-corrected chi connectivity index (χ3v) is 3.78. The molecule has 1 aromatic heterocycles. The largest absolute Gasteiger partial charge is 0.491 e. The quantitative estimate of drug-likeness (QED) is 0.503. The Bertz CT molecular complexity index is 881. The first-order chi connectivity index (χ1) is 12.5. The predicted octanol–water partition coefficient (Wildman–Crippen LogP) is 2.95. The number of halogens is 1. The maximum atomic E-state index is 10.7. The lowest BCUT2D eigenvalue weighted by Gasteiger charge is -2.12. The summed E-state index contributed by atoms with van der Waals surface area (Å²) in [6.45, 7) is 0.294. The summed E-state index contributed by atoms with van der Waals surface area (Å²) in [5.41, 5.74) is 0.657. The van der Waals surface area contributed by atoms with Gasteiger partial charge in [0, 0.05) is 22.7 Å². The average Bonchev–Trinajstić information content (AvgIpc) is 3.10. The van der Waals surface area contributed by atoms with Gasteiger partial charge in [0.15, 0.2) is 5.82 Å². The third-order valence-electron chi connectivity index (χ3n) is 3.53. The van der Waals surface area contributed by atoms with E-state index in [1.807, 2.05) is 0 Å². The van der Waals surface area contributed by atoms with Crippen LogP contribution in [0.2, 0.25) is 5.02 Å². The van der Waals surface area contributed by atoms with Gasteiger partial charge >= 0.3 is 0 Å². The highest BCUT2D eigenvalue weighted by Crippen LogP contribution is 2.19. The lowest BCUT2D eigenvalue weighted by atomic mass is 10.2. The topological polar surface area (TPSA) is 103 Å². The van der Waals surface area contributed by atoms with Crippen molar-refractivity contribution < 1.29 is 14.8 Å². The number of benzene rings is 2. The van der Waals surface area contributed by atoms with Gasteiger partial charge in [-0.15, -0.1) is 0 Å². The molecular weight excluding hydrogens is 360 g/mol. The van der Waals surface area contributed by atoms with Gasteiger partial charge in [-0.25, -0.2) is 9.67 Å². The van der Waals surface area contributed by atoms with Crippen LogP contribution in [0.15, 0.2) is 54.9 Å². The van der Waals surface area contributed by atoms with Crippen LogP contribution in [0, 0.1) is 10.1 Å². The number of hydrogen-bond donors (Lipinski definition) is 1. The van der Waals surface area contributed by atoms with E-state index in [9.17, 15) is 15.2 Å². The first-order valence-electron chi connectivity index (χ1n) is 7.72. The van der Waals surface area contributed by atoms with Gasteiger partial charge in [0.25, 0.3) is 5.69 Å². The zero-order valence-corrected chi connectivity index (χ0v) is 14.3. The van der Waals surface area contributed by atoms with E-state index in [4.69, 9.17) is 16.3 Å². The Labute approximate surface area is 153 Å². The lowest BCUT2D eigenvalue weighted by Crippen LogP contribution is -2.23. The number of nitrogens with zero attached hydrogens (tertiary/aromatic N) is 4. The Morgan fingerprint density at radius 1 is 1.19 bits per heavy atom. The normalized spacial score (nSPS) is 11.9. The highest BCUT2D eigenvalue weighted by Gasteiger charge is 2.11. The Hall–Kier alpha value is -2.97. The summed E-state index contributed by atoms with van der Waals surface area (Å²) in [5.74, 6) is 1.03. The molecule has 0 radical (unpaired) electrons. The number of non-ortho nitro benzene ring substituents is 1. The van der Waals surface area contributed by atoms with E-state index in [0.717, 1.165) is 0 Å². The zero-order valence-electron chi connectivity index (χ0n) is 13.5. The molecule has 0 aliphatic rings. The molecule has 3 aromatic rings. The average molecular weight is 375 g/mol. The van der Waals surface area contributed by atoms with Gasteiger partial charge < -0.3 is 9.84 Å². The number of aliphatic hydroxyl groups is 1. The number of aliphatic hydroxyl groups excluding tert-OH is 1. The lowest BCUT2D eigenvalue weighted by molar-refractivity contribution is -0.384. The number of nitro groups is 1. The smallest absolute Gasteiger partial charge is 0.269 e. The van der Waals surface area contributed by atoms with Crippen molar-refractivity contribution in [2.75, 3.05) is 6.61 Å². The van der Waals surface area contributed by atoms with Gasteiger partial charge in [-0.05, 0) is 36.4 Å². The molecule has 9 heteroatoms. The first kappa shape index (κ1) is 17.8. The number of nitro benzene ring substituents is 1. The molecule has 0 bridgehead atoms. The minimum Gasteiger partial charge on any atom is -0.491 e. The highest BCUT2D eigenvalue weighted by atomic mass is 35.5. The summed E-state index contributed by atoms with van der Waals surface area (Å²) < 4.78 is 6.98. The van der Waals surface area contributed by atoms with E-state index in [1.165, 1.54) is 23.1 Å². The monoisotopic (exact) mass is 374 g/mol. The van der Waals surface area contributed by atoms with Gasteiger partial charge in [0.05, 0.1) is 11.5 Å². The highest BCUT2D eigenvalue weighted by molar-refractivity contribution is 6.30. The van der Waals surface area contributed by atoms with Crippen molar-refractivity contribution in [3.63, 3.8) is 0 Å². The van der Waals surface area contributed by atoms with Crippen molar-refractivity contribution in [2.24, 2.45) is 0 Å². The van der Waals surface area contributed by atoms with Gasteiger partial charge in [0.2, 0.25) is 0 Å². The fourth-order valence-corrected chi connectivity index (χ4v) is 2.36. The molecule has 134 valence electrons. The van der Waals surface area contributed by atoms with Crippen molar-refractivity contribution in [3.8, 4) is 17.1 Å². The molecule has 0 saturated carbocycles. The Morgan fingerprint density at radius 2 is 1.88 bits per heavy atom. The van der Waals surface area contributed by atoms with Gasteiger partial charge in [-0.3, -0.25) is 10.1 Å². The molecule has 2 aromatic carbocycles. The molecule has 0 amide bonds. The van der Waals surface area contributed by atoms with Crippen LogP contribution in [0.3, 0.4) is 0 Å². The molecule has 0 fully saturated rings. The number of aromatic nitrogens is 3. The Morgan fingerprint density at radius 3 is 2.54 bits per heavy atom. The Kier molecular flexibility index (Phi) is 5.45. The minimum absolute atomic E-state index is 0.00273. The first-order valence-corrected chi connectivity index (χ1v) is 8.10. The molecule has 26 heavy (non-hydrogen) atoms. The fourth-order valence-electron chi connectivity index (χ4n) is 2.24. The van der Waals surface area contributed by atoms with Crippen molar-refractivity contribution in [1.29, 1.82) is 0 Å². The molecule has 0 saturated heterocycles. The van der Waals surface area contributed by atoms with Crippen molar-refractivity contribution in [3.05, 3.63) is 70.0 Å². The summed E-state index contributed by atoms with van der Waals surface area (Å²) in [6.07, 6.45) is 0.708. The molecule has 0 aliphatic heterocycles. The van der Waals surface area contributed by atoms with Crippen molar-refractivity contribution in [2.45, 2.75) is 12.6 Å². The fraction of sp³-hybridized carbons (Fsp3) is 0.176.